The van der Waals surface area contributed by atoms with E-state index in [4.69, 9.17) is 10.2 Å². The molecule has 19 heavy (non-hydrogen) atoms. The lowest BCUT2D eigenvalue weighted by atomic mass is 10.1. The van der Waals surface area contributed by atoms with Gasteiger partial charge in [0.1, 0.15) is 11.5 Å². The average molecular weight is 272 g/mol. The number of likely N-dealkylation sites (N-methyl/N-ethyl adjacent to an activating group) is 1. The van der Waals surface area contributed by atoms with E-state index in [1.54, 1.807) is 6.92 Å². The number of aliphatic hydroxyl groups is 1. The molecule has 0 atom stereocenters. The van der Waals surface area contributed by atoms with Crippen LogP contribution < -0.4 is 4.90 Å². The number of aliphatic hydroxyl groups excluding tert-OH is 1. The summed E-state index contributed by atoms with van der Waals surface area (Å²) in [6, 6.07) is 1.49. The summed E-state index contributed by atoms with van der Waals surface area (Å²) < 4.78 is 13.4. The van der Waals surface area contributed by atoms with Gasteiger partial charge in [-0.1, -0.05) is 0 Å². The number of carbonyl (C=O) groups is 1. The Bertz CT molecular complexity index is 506. The van der Waals surface area contributed by atoms with E-state index in [1.165, 1.54) is 4.90 Å². The molecule has 7 nitrogen and oxygen atoms in total. The molecule has 8 heteroatoms. The Kier molecular flexibility index (Phi) is 4.76. The quantitative estimate of drug-likeness (QED) is 0.596. The standard InChI is InChI=1S/C11H13FN2O5/c1-2-13(3-4-15)9-5-7(11(16)17)8(12)6-10(9)14(18)19/h5-6,15H,2-4H2,1H3,(H,16,17). The van der Waals surface area contributed by atoms with Crippen molar-refractivity contribution in [3.05, 3.63) is 33.6 Å². The van der Waals surface area contributed by atoms with Crippen molar-refractivity contribution in [1.29, 1.82) is 0 Å². The fourth-order valence-electron chi connectivity index (χ4n) is 1.68. The van der Waals surface area contributed by atoms with Gasteiger partial charge in [0.25, 0.3) is 5.69 Å². The monoisotopic (exact) mass is 272 g/mol. The number of rotatable bonds is 6. The minimum absolute atomic E-state index is 0.0275. The van der Waals surface area contributed by atoms with Crippen molar-refractivity contribution >= 4 is 17.3 Å². The van der Waals surface area contributed by atoms with E-state index in [9.17, 15) is 19.3 Å². The summed E-state index contributed by atoms with van der Waals surface area (Å²) in [4.78, 5) is 22.3. The largest absolute Gasteiger partial charge is 0.478 e. The predicted octanol–water partition coefficient (Wildman–Crippen LogP) is 1.25. The molecule has 0 amide bonds. The van der Waals surface area contributed by atoms with Crippen LogP contribution in [0.1, 0.15) is 17.3 Å². The molecule has 0 fully saturated rings. The molecule has 0 unspecified atom stereocenters. The van der Waals surface area contributed by atoms with Crippen molar-refractivity contribution in [1.82, 2.24) is 0 Å². The van der Waals surface area contributed by atoms with Gasteiger partial charge in [0.15, 0.2) is 0 Å². The van der Waals surface area contributed by atoms with Gasteiger partial charge in [-0.05, 0) is 13.0 Å². The van der Waals surface area contributed by atoms with E-state index in [-0.39, 0.29) is 18.8 Å². The zero-order valence-corrected chi connectivity index (χ0v) is 10.2. The first-order valence-corrected chi connectivity index (χ1v) is 5.49. The Balaban J connectivity index is 3.44. The van der Waals surface area contributed by atoms with Gasteiger partial charge >= 0.3 is 5.97 Å². The lowest BCUT2D eigenvalue weighted by molar-refractivity contribution is -0.384. The zero-order valence-electron chi connectivity index (χ0n) is 10.2. The first-order valence-electron chi connectivity index (χ1n) is 5.49. The van der Waals surface area contributed by atoms with E-state index in [0.717, 1.165) is 6.07 Å². The van der Waals surface area contributed by atoms with Gasteiger partial charge in [0, 0.05) is 13.1 Å². The van der Waals surface area contributed by atoms with Gasteiger partial charge in [0.05, 0.1) is 23.2 Å². The second-order valence-corrected chi connectivity index (χ2v) is 3.69. The van der Waals surface area contributed by atoms with Crippen molar-refractivity contribution in [3.63, 3.8) is 0 Å². The van der Waals surface area contributed by atoms with Crippen molar-refractivity contribution < 1.29 is 24.3 Å². The third-order valence-electron chi connectivity index (χ3n) is 2.58. The van der Waals surface area contributed by atoms with Crippen LogP contribution in [0.5, 0.6) is 0 Å². The highest BCUT2D eigenvalue weighted by molar-refractivity contribution is 5.90. The van der Waals surface area contributed by atoms with E-state index >= 15 is 0 Å². The highest BCUT2D eigenvalue weighted by Crippen LogP contribution is 2.31. The first kappa shape index (κ1) is 14.8. The summed E-state index contributed by atoms with van der Waals surface area (Å²) in [7, 11) is 0. The SMILES string of the molecule is CCN(CCO)c1cc(C(=O)O)c(F)cc1[N+](=O)[O-]. The van der Waals surface area contributed by atoms with Gasteiger partial charge in [-0.2, -0.15) is 0 Å². The van der Waals surface area contributed by atoms with Crippen LogP contribution in [0.15, 0.2) is 12.1 Å². The molecule has 0 aliphatic carbocycles. The molecule has 0 heterocycles. The van der Waals surface area contributed by atoms with Crippen LogP contribution in [0.25, 0.3) is 0 Å². The maximum Gasteiger partial charge on any atom is 0.338 e. The Morgan fingerprint density at radius 2 is 2.16 bits per heavy atom. The summed E-state index contributed by atoms with van der Waals surface area (Å²) >= 11 is 0. The summed E-state index contributed by atoms with van der Waals surface area (Å²) in [5.74, 6) is -2.67. The Hall–Kier alpha value is -2.22. The third-order valence-corrected chi connectivity index (χ3v) is 2.58. The van der Waals surface area contributed by atoms with Crippen LogP contribution in [0.4, 0.5) is 15.8 Å². The molecule has 0 spiro atoms. The molecule has 0 aromatic heterocycles. The van der Waals surface area contributed by atoms with E-state index < -0.39 is 28.0 Å². The summed E-state index contributed by atoms with van der Waals surface area (Å²) in [5.41, 5.74) is -1.20. The van der Waals surface area contributed by atoms with Crippen LogP contribution in [-0.4, -0.2) is 40.8 Å². The number of nitro benzene ring substituents is 1. The topological polar surface area (TPSA) is 104 Å². The normalized spacial score (nSPS) is 10.3. The number of halogens is 1. The fourth-order valence-corrected chi connectivity index (χ4v) is 1.68. The van der Waals surface area contributed by atoms with Gasteiger partial charge in [-0.15, -0.1) is 0 Å². The lowest BCUT2D eigenvalue weighted by Crippen LogP contribution is -2.27. The average Bonchev–Trinajstić information content (AvgIpc) is 2.35. The van der Waals surface area contributed by atoms with Gasteiger partial charge in [0.2, 0.25) is 0 Å². The van der Waals surface area contributed by atoms with Gasteiger partial charge < -0.3 is 15.1 Å². The number of carboxylic acids is 1. The van der Waals surface area contributed by atoms with Gasteiger partial charge in [-0.25, -0.2) is 9.18 Å². The molecular weight excluding hydrogens is 259 g/mol. The number of nitro groups is 1. The summed E-state index contributed by atoms with van der Waals surface area (Å²) in [6.45, 7) is 1.82. The number of benzene rings is 1. The molecule has 2 N–H and O–H groups in total. The molecule has 1 aromatic carbocycles. The molecule has 1 aromatic rings. The van der Waals surface area contributed by atoms with Crippen molar-refractivity contribution in [2.45, 2.75) is 6.92 Å². The molecule has 0 bridgehead atoms. The maximum absolute atomic E-state index is 13.4. The van der Waals surface area contributed by atoms with Crippen molar-refractivity contribution in [3.8, 4) is 0 Å². The summed E-state index contributed by atoms with van der Waals surface area (Å²) in [6.07, 6.45) is 0. The van der Waals surface area contributed by atoms with Crippen LogP contribution in [0.3, 0.4) is 0 Å². The fraction of sp³-hybridized carbons (Fsp3) is 0.364. The Morgan fingerprint density at radius 1 is 1.53 bits per heavy atom. The Morgan fingerprint density at radius 3 is 2.58 bits per heavy atom. The molecule has 1 rings (SSSR count). The number of aromatic carboxylic acids is 1. The van der Waals surface area contributed by atoms with Gasteiger partial charge in [-0.3, -0.25) is 10.1 Å². The first-order chi connectivity index (χ1) is 8.92. The predicted molar refractivity (Wildman–Crippen MR) is 65.0 cm³/mol. The van der Waals surface area contributed by atoms with E-state index in [1.807, 2.05) is 0 Å². The minimum atomic E-state index is -1.51. The number of hydrogen-bond donors (Lipinski definition) is 2. The zero-order chi connectivity index (χ0) is 14.6. The third kappa shape index (κ3) is 3.16. The maximum atomic E-state index is 13.4. The van der Waals surface area contributed by atoms with Crippen molar-refractivity contribution in [2.24, 2.45) is 0 Å². The number of hydrogen-bond acceptors (Lipinski definition) is 5. The second-order valence-electron chi connectivity index (χ2n) is 3.69. The summed E-state index contributed by atoms with van der Waals surface area (Å²) in [5, 5.41) is 28.6. The van der Waals surface area contributed by atoms with Crippen LogP contribution in [0.2, 0.25) is 0 Å². The number of nitrogens with zero attached hydrogens (tertiary/aromatic N) is 2. The highest BCUT2D eigenvalue weighted by Gasteiger charge is 2.24. The second kappa shape index (κ2) is 6.10. The molecule has 0 aliphatic rings. The molecule has 104 valence electrons. The number of carboxylic acid groups (broad SMARTS) is 1. The minimum Gasteiger partial charge on any atom is -0.478 e. The van der Waals surface area contributed by atoms with E-state index in [0.29, 0.717) is 12.6 Å². The molecule has 0 saturated carbocycles. The lowest BCUT2D eigenvalue weighted by Gasteiger charge is -2.22. The molecule has 0 saturated heterocycles. The molecule has 0 radical (unpaired) electrons. The highest BCUT2D eigenvalue weighted by atomic mass is 19.1. The Labute approximate surface area is 108 Å². The van der Waals surface area contributed by atoms with Crippen LogP contribution in [-0.2, 0) is 0 Å². The van der Waals surface area contributed by atoms with Crippen molar-refractivity contribution in [2.75, 3.05) is 24.6 Å². The molecule has 0 aliphatic heterocycles. The van der Waals surface area contributed by atoms with E-state index in [2.05, 4.69) is 0 Å². The van der Waals surface area contributed by atoms with Crippen LogP contribution in [0, 0.1) is 15.9 Å². The van der Waals surface area contributed by atoms with Crippen LogP contribution >= 0.6 is 0 Å². The smallest absolute Gasteiger partial charge is 0.338 e. The molecular formula is C11H13FN2O5. The number of anilines is 1.